The second-order valence-electron chi connectivity index (χ2n) is 6.36. The number of fused-ring (bicyclic) bond motifs is 1. The topological polar surface area (TPSA) is 21.3 Å². The standard InChI is InChI=1S/C18H28BrNO/c1-4-6-7-8-11-18(3)13-16(20-5-2)15-12-14(19)9-10-17(15)21-18/h9-10,12,16,20H,4-8,11,13H2,1-3H3. The number of ether oxygens (including phenoxy) is 1. The number of nitrogens with one attached hydrogen (secondary N) is 1. The highest BCUT2D eigenvalue weighted by molar-refractivity contribution is 9.10. The molecule has 0 bridgehead atoms. The van der Waals surface area contributed by atoms with E-state index in [1.54, 1.807) is 0 Å². The molecule has 1 aromatic carbocycles. The van der Waals surface area contributed by atoms with Gasteiger partial charge in [-0.2, -0.15) is 0 Å². The van der Waals surface area contributed by atoms with Crippen LogP contribution < -0.4 is 10.1 Å². The summed E-state index contributed by atoms with van der Waals surface area (Å²) in [6, 6.07) is 6.77. The molecule has 2 unspecified atom stereocenters. The van der Waals surface area contributed by atoms with Crippen molar-refractivity contribution in [3.63, 3.8) is 0 Å². The zero-order chi connectivity index (χ0) is 15.3. The van der Waals surface area contributed by atoms with Crippen molar-refractivity contribution in [2.24, 2.45) is 0 Å². The fourth-order valence-corrected chi connectivity index (χ4v) is 3.62. The average molecular weight is 354 g/mol. The summed E-state index contributed by atoms with van der Waals surface area (Å²) in [4.78, 5) is 0. The first-order valence-electron chi connectivity index (χ1n) is 8.30. The Morgan fingerprint density at radius 3 is 2.81 bits per heavy atom. The van der Waals surface area contributed by atoms with Gasteiger partial charge in [0, 0.05) is 22.5 Å². The maximum Gasteiger partial charge on any atom is 0.124 e. The highest BCUT2D eigenvalue weighted by Gasteiger charge is 2.36. The normalized spacial score (nSPS) is 24.5. The van der Waals surface area contributed by atoms with E-state index in [0.29, 0.717) is 6.04 Å². The van der Waals surface area contributed by atoms with E-state index in [9.17, 15) is 0 Å². The molecule has 21 heavy (non-hydrogen) atoms. The Kier molecular flexibility index (Phi) is 6.12. The van der Waals surface area contributed by atoms with Gasteiger partial charge in [-0.15, -0.1) is 0 Å². The van der Waals surface area contributed by atoms with E-state index in [4.69, 9.17) is 4.74 Å². The van der Waals surface area contributed by atoms with Crippen LogP contribution in [-0.2, 0) is 0 Å². The summed E-state index contributed by atoms with van der Waals surface area (Å²) < 4.78 is 7.49. The summed E-state index contributed by atoms with van der Waals surface area (Å²) in [7, 11) is 0. The largest absolute Gasteiger partial charge is 0.487 e. The lowest BCUT2D eigenvalue weighted by atomic mass is 9.85. The minimum absolute atomic E-state index is 0.0403. The molecular formula is C18H28BrNO. The van der Waals surface area contributed by atoms with Crippen LogP contribution in [0.15, 0.2) is 22.7 Å². The second-order valence-corrected chi connectivity index (χ2v) is 7.27. The van der Waals surface area contributed by atoms with Gasteiger partial charge in [0.15, 0.2) is 0 Å². The zero-order valence-electron chi connectivity index (χ0n) is 13.5. The summed E-state index contributed by atoms with van der Waals surface area (Å²) in [5.74, 6) is 1.05. The zero-order valence-corrected chi connectivity index (χ0v) is 15.1. The molecule has 118 valence electrons. The average Bonchev–Trinajstić information content (AvgIpc) is 2.45. The molecule has 2 rings (SSSR count). The maximum atomic E-state index is 6.37. The molecule has 0 radical (unpaired) electrons. The number of benzene rings is 1. The smallest absolute Gasteiger partial charge is 0.124 e. The van der Waals surface area contributed by atoms with Crippen molar-refractivity contribution in [2.45, 2.75) is 70.9 Å². The molecule has 0 fully saturated rings. The second kappa shape index (κ2) is 7.64. The van der Waals surface area contributed by atoms with Gasteiger partial charge in [0.1, 0.15) is 11.4 Å². The fraction of sp³-hybridized carbons (Fsp3) is 0.667. The van der Waals surface area contributed by atoms with Crippen LogP contribution >= 0.6 is 15.9 Å². The molecule has 1 N–H and O–H groups in total. The van der Waals surface area contributed by atoms with Crippen molar-refractivity contribution in [2.75, 3.05) is 6.54 Å². The van der Waals surface area contributed by atoms with Crippen molar-refractivity contribution in [1.82, 2.24) is 5.32 Å². The lowest BCUT2D eigenvalue weighted by molar-refractivity contribution is 0.0375. The SMILES string of the molecule is CCCCCCC1(C)CC(NCC)c2cc(Br)ccc2O1. The van der Waals surface area contributed by atoms with Gasteiger partial charge in [-0.05, 0) is 44.5 Å². The predicted molar refractivity (Wildman–Crippen MR) is 93.0 cm³/mol. The number of rotatable bonds is 7. The first kappa shape index (κ1) is 16.8. The number of unbranched alkanes of at least 4 members (excludes halogenated alkanes) is 3. The summed E-state index contributed by atoms with van der Waals surface area (Å²) in [6.07, 6.45) is 7.38. The number of halogens is 1. The van der Waals surface area contributed by atoms with Crippen molar-refractivity contribution in [1.29, 1.82) is 0 Å². The van der Waals surface area contributed by atoms with Gasteiger partial charge in [-0.1, -0.05) is 49.0 Å². The molecule has 0 aliphatic carbocycles. The van der Waals surface area contributed by atoms with Gasteiger partial charge in [-0.3, -0.25) is 0 Å². The molecule has 1 aliphatic heterocycles. The first-order valence-corrected chi connectivity index (χ1v) is 9.09. The lowest BCUT2D eigenvalue weighted by Crippen LogP contribution is -2.41. The van der Waals surface area contributed by atoms with E-state index in [1.165, 1.54) is 31.2 Å². The van der Waals surface area contributed by atoms with E-state index in [0.717, 1.165) is 29.6 Å². The van der Waals surface area contributed by atoms with Gasteiger partial charge in [-0.25, -0.2) is 0 Å². The Bertz CT molecular complexity index is 463. The van der Waals surface area contributed by atoms with Crippen molar-refractivity contribution in [3.05, 3.63) is 28.2 Å². The summed E-state index contributed by atoms with van der Waals surface area (Å²) in [6.45, 7) is 7.69. The van der Waals surface area contributed by atoms with Crippen LogP contribution in [0.25, 0.3) is 0 Å². The molecule has 0 saturated carbocycles. The molecular weight excluding hydrogens is 326 g/mol. The molecule has 2 nitrogen and oxygen atoms in total. The monoisotopic (exact) mass is 353 g/mol. The Labute approximate surface area is 137 Å². The van der Waals surface area contributed by atoms with E-state index >= 15 is 0 Å². The van der Waals surface area contributed by atoms with Crippen molar-refractivity contribution >= 4 is 15.9 Å². The van der Waals surface area contributed by atoms with Crippen LogP contribution in [-0.4, -0.2) is 12.1 Å². The Morgan fingerprint density at radius 2 is 2.10 bits per heavy atom. The number of hydrogen-bond donors (Lipinski definition) is 1. The molecule has 2 atom stereocenters. The quantitative estimate of drug-likeness (QED) is 0.643. The van der Waals surface area contributed by atoms with Gasteiger partial charge in [0.05, 0.1) is 0 Å². The van der Waals surface area contributed by atoms with Crippen molar-refractivity contribution < 1.29 is 4.74 Å². The summed E-state index contributed by atoms with van der Waals surface area (Å²) >= 11 is 3.57. The van der Waals surface area contributed by atoms with Gasteiger partial charge < -0.3 is 10.1 Å². The van der Waals surface area contributed by atoms with Gasteiger partial charge in [0.25, 0.3) is 0 Å². The molecule has 0 aromatic heterocycles. The van der Waals surface area contributed by atoms with Crippen LogP contribution in [0.5, 0.6) is 5.75 Å². The molecule has 1 aliphatic rings. The third-order valence-electron chi connectivity index (χ3n) is 4.35. The van der Waals surface area contributed by atoms with Crippen LogP contribution in [0.3, 0.4) is 0 Å². The predicted octanol–water partition coefficient (Wildman–Crippen LogP) is 5.61. The lowest BCUT2D eigenvalue weighted by Gasteiger charge is -2.40. The summed E-state index contributed by atoms with van der Waals surface area (Å²) in [5, 5.41) is 3.62. The molecule has 1 aromatic rings. The Hall–Kier alpha value is -0.540. The minimum Gasteiger partial charge on any atom is -0.487 e. The van der Waals surface area contributed by atoms with Crippen LogP contribution in [0.2, 0.25) is 0 Å². The van der Waals surface area contributed by atoms with Crippen molar-refractivity contribution in [3.8, 4) is 5.75 Å². The van der Waals surface area contributed by atoms with E-state index in [1.807, 2.05) is 0 Å². The van der Waals surface area contributed by atoms with E-state index < -0.39 is 0 Å². The molecule has 0 spiro atoms. The maximum absolute atomic E-state index is 6.37. The Morgan fingerprint density at radius 1 is 1.29 bits per heavy atom. The number of hydrogen-bond acceptors (Lipinski definition) is 2. The molecule has 0 saturated heterocycles. The van der Waals surface area contributed by atoms with Crippen LogP contribution in [0.4, 0.5) is 0 Å². The van der Waals surface area contributed by atoms with Crippen LogP contribution in [0.1, 0.15) is 70.9 Å². The fourth-order valence-electron chi connectivity index (χ4n) is 3.24. The first-order chi connectivity index (χ1) is 10.1. The molecule has 3 heteroatoms. The van der Waals surface area contributed by atoms with Gasteiger partial charge >= 0.3 is 0 Å². The van der Waals surface area contributed by atoms with Gasteiger partial charge in [0.2, 0.25) is 0 Å². The molecule has 1 heterocycles. The van der Waals surface area contributed by atoms with E-state index in [2.05, 4.69) is 60.2 Å². The Balaban J connectivity index is 2.11. The van der Waals surface area contributed by atoms with Crippen LogP contribution in [0, 0.1) is 0 Å². The highest BCUT2D eigenvalue weighted by Crippen LogP contribution is 2.42. The minimum atomic E-state index is -0.0403. The highest BCUT2D eigenvalue weighted by atomic mass is 79.9. The summed E-state index contributed by atoms with van der Waals surface area (Å²) in [5.41, 5.74) is 1.25. The molecule has 0 amide bonds. The van der Waals surface area contributed by atoms with E-state index in [-0.39, 0.29) is 5.60 Å². The third kappa shape index (κ3) is 4.46. The third-order valence-corrected chi connectivity index (χ3v) is 4.84.